The van der Waals surface area contributed by atoms with E-state index in [1.807, 2.05) is 30.3 Å². The Kier molecular flexibility index (Phi) is 11.9. The predicted molar refractivity (Wildman–Crippen MR) is 191 cm³/mol. The van der Waals surface area contributed by atoms with E-state index in [2.05, 4.69) is 91.0 Å². The Labute approximate surface area is 269 Å². The largest absolute Gasteiger partial charge is 0.427 e. The monoisotopic (exact) mass is 641 g/mol. The SMILES string of the molecule is O=C(CCCCCCCCC[P+](c1ccccc1)(c1ccccc1)c1ccccc1)Oc1ccc(-c2cc(=S)ss2)cc1. The lowest BCUT2D eigenvalue weighted by Gasteiger charge is -2.27. The number of unbranched alkanes of at least 4 members (excludes halogenated alkanes) is 6. The zero-order chi connectivity index (χ0) is 29.7. The van der Waals surface area contributed by atoms with Crippen molar-refractivity contribution in [1.29, 1.82) is 0 Å². The van der Waals surface area contributed by atoms with Crippen molar-refractivity contribution in [2.75, 3.05) is 6.16 Å². The maximum absolute atomic E-state index is 12.4. The van der Waals surface area contributed by atoms with E-state index in [0.717, 1.165) is 33.5 Å². The lowest BCUT2D eigenvalue weighted by atomic mass is 10.1. The first-order valence-corrected chi connectivity index (χ1v) is 19.6. The van der Waals surface area contributed by atoms with Gasteiger partial charge in [0, 0.05) is 11.3 Å². The first-order valence-electron chi connectivity index (χ1n) is 15.1. The summed E-state index contributed by atoms with van der Waals surface area (Å²) in [7, 11) is 1.54. The molecule has 1 heterocycles. The normalized spacial score (nSPS) is 11.3. The van der Waals surface area contributed by atoms with Crippen LogP contribution in [0.5, 0.6) is 5.75 Å². The fourth-order valence-electron chi connectivity index (χ4n) is 5.63. The predicted octanol–water partition coefficient (Wildman–Crippen LogP) is 10.2. The number of carbonyl (C=O) groups excluding carboxylic acids is 1. The van der Waals surface area contributed by atoms with Crippen LogP contribution in [0.25, 0.3) is 10.4 Å². The Hall–Kier alpha value is -2.95. The summed E-state index contributed by atoms with van der Waals surface area (Å²) in [4.78, 5) is 13.5. The van der Waals surface area contributed by atoms with Crippen molar-refractivity contribution in [3.63, 3.8) is 0 Å². The highest BCUT2D eigenvalue weighted by Crippen LogP contribution is 2.56. The molecule has 0 aliphatic heterocycles. The summed E-state index contributed by atoms with van der Waals surface area (Å²) in [6, 6.07) is 43.2. The lowest BCUT2D eigenvalue weighted by molar-refractivity contribution is -0.134. The first kappa shape index (κ1) is 31.5. The number of hydrogen-bond acceptors (Lipinski definition) is 5. The van der Waals surface area contributed by atoms with Gasteiger partial charge >= 0.3 is 5.97 Å². The van der Waals surface area contributed by atoms with E-state index in [1.165, 1.54) is 47.8 Å². The van der Waals surface area contributed by atoms with E-state index in [1.54, 1.807) is 20.7 Å². The van der Waals surface area contributed by atoms with Gasteiger partial charge in [-0.3, -0.25) is 4.79 Å². The van der Waals surface area contributed by atoms with Crippen molar-refractivity contribution < 1.29 is 9.53 Å². The summed E-state index contributed by atoms with van der Waals surface area (Å²) >= 11 is 5.23. The van der Waals surface area contributed by atoms with E-state index in [0.29, 0.717) is 12.2 Å². The average Bonchev–Trinajstić information content (AvgIpc) is 3.50. The van der Waals surface area contributed by atoms with Crippen molar-refractivity contribution in [2.24, 2.45) is 0 Å². The molecule has 0 aliphatic rings. The quantitative estimate of drug-likeness (QED) is 0.0284. The van der Waals surface area contributed by atoms with Crippen LogP contribution in [-0.4, -0.2) is 12.1 Å². The summed E-state index contributed by atoms with van der Waals surface area (Å²) < 4.78 is 6.46. The molecule has 0 aliphatic carbocycles. The van der Waals surface area contributed by atoms with Gasteiger partial charge in [-0.15, -0.1) is 0 Å². The second-order valence-electron chi connectivity index (χ2n) is 10.8. The molecule has 0 unspecified atom stereocenters. The number of hydrogen-bond donors (Lipinski definition) is 0. The van der Waals surface area contributed by atoms with E-state index in [-0.39, 0.29) is 5.97 Å². The maximum atomic E-state index is 12.4. The smallest absolute Gasteiger partial charge is 0.311 e. The van der Waals surface area contributed by atoms with Crippen molar-refractivity contribution in [1.82, 2.24) is 0 Å². The van der Waals surface area contributed by atoms with Gasteiger partial charge in [-0.1, -0.05) is 113 Å². The van der Waals surface area contributed by atoms with Crippen LogP contribution in [0.2, 0.25) is 0 Å². The summed E-state index contributed by atoms with van der Waals surface area (Å²) in [6.45, 7) is 0. The molecule has 4 aromatic carbocycles. The Morgan fingerprint density at radius 3 is 1.58 bits per heavy atom. The molecule has 5 rings (SSSR count). The van der Waals surface area contributed by atoms with Crippen LogP contribution < -0.4 is 20.7 Å². The van der Waals surface area contributed by atoms with Crippen LogP contribution in [0.3, 0.4) is 0 Å². The summed E-state index contributed by atoms with van der Waals surface area (Å²) in [5.74, 6) is 0.454. The molecule has 1 aromatic heterocycles. The standard InChI is InChI=1S/C37H38O2PS3/c38-36(39-31-26-24-30(25-27-31)35-29-37(41)43-42-35)23-15-4-2-1-3-5-16-28-40(32-17-9-6-10-18-32,33-19-11-7-12-20-33)34-21-13-8-14-22-34/h6-14,17-22,24-27,29H,1-5,15-16,23,28H2/q+1. The van der Waals surface area contributed by atoms with E-state index in [9.17, 15) is 4.79 Å². The van der Waals surface area contributed by atoms with Crippen LogP contribution >= 0.6 is 40.2 Å². The van der Waals surface area contributed by atoms with Gasteiger partial charge in [-0.05, 0) is 91.6 Å². The molecular weight excluding hydrogens is 604 g/mol. The third-order valence-electron chi connectivity index (χ3n) is 7.80. The first-order chi connectivity index (χ1) is 21.1. The van der Waals surface area contributed by atoms with E-state index in [4.69, 9.17) is 17.0 Å². The van der Waals surface area contributed by atoms with Gasteiger partial charge in [0.2, 0.25) is 0 Å². The Morgan fingerprint density at radius 2 is 1.09 bits per heavy atom. The van der Waals surface area contributed by atoms with Crippen molar-refractivity contribution in [2.45, 2.75) is 51.4 Å². The minimum absolute atomic E-state index is 0.151. The van der Waals surface area contributed by atoms with Gasteiger partial charge in [-0.25, -0.2) is 0 Å². The van der Waals surface area contributed by atoms with Gasteiger partial charge < -0.3 is 4.74 Å². The molecule has 0 saturated carbocycles. The van der Waals surface area contributed by atoms with Crippen LogP contribution in [0.1, 0.15) is 51.4 Å². The van der Waals surface area contributed by atoms with E-state index >= 15 is 0 Å². The minimum Gasteiger partial charge on any atom is -0.427 e. The summed E-state index contributed by atoms with van der Waals surface area (Å²) in [5, 5.41) is 4.39. The molecule has 0 radical (unpaired) electrons. The molecule has 0 atom stereocenters. The molecule has 43 heavy (non-hydrogen) atoms. The highest BCUT2D eigenvalue weighted by molar-refractivity contribution is 7.95. The summed E-state index contributed by atoms with van der Waals surface area (Å²) in [6.07, 6.45) is 9.61. The molecule has 6 heteroatoms. The minimum atomic E-state index is -1.73. The number of esters is 1. The molecule has 0 fully saturated rings. The Bertz CT molecular complexity index is 1500. The number of ether oxygens (including phenoxy) is 1. The van der Waals surface area contributed by atoms with Crippen LogP contribution in [-0.2, 0) is 4.79 Å². The van der Waals surface area contributed by atoms with Crippen molar-refractivity contribution in [3.05, 3.63) is 125 Å². The van der Waals surface area contributed by atoms with Crippen LogP contribution in [0.4, 0.5) is 0 Å². The molecule has 5 aromatic rings. The van der Waals surface area contributed by atoms with E-state index < -0.39 is 7.26 Å². The molecule has 0 bridgehead atoms. The van der Waals surface area contributed by atoms with Crippen LogP contribution in [0, 0.1) is 3.82 Å². The number of rotatable bonds is 15. The van der Waals surface area contributed by atoms with Crippen LogP contribution in [0.15, 0.2) is 121 Å². The average molecular weight is 642 g/mol. The highest BCUT2D eigenvalue weighted by Gasteiger charge is 2.44. The second-order valence-corrected chi connectivity index (χ2v) is 17.3. The van der Waals surface area contributed by atoms with Gasteiger partial charge in [-0.2, -0.15) is 0 Å². The zero-order valence-corrected chi connectivity index (χ0v) is 27.7. The molecule has 0 spiro atoms. The highest BCUT2D eigenvalue weighted by atomic mass is 32.9. The van der Waals surface area contributed by atoms with Crippen molar-refractivity contribution in [3.8, 4) is 16.2 Å². The van der Waals surface area contributed by atoms with Gasteiger partial charge in [0.05, 0.1) is 6.16 Å². The second kappa shape index (κ2) is 16.2. The third-order valence-corrected chi connectivity index (χ3v) is 15.2. The molecule has 0 saturated heterocycles. The zero-order valence-electron chi connectivity index (χ0n) is 24.4. The van der Waals surface area contributed by atoms with Crippen molar-refractivity contribution >= 4 is 62.0 Å². The Morgan fingerprint density at radius 1 is 0.605 bits per heavy atom. The third kappa shape index (κ3) is 8.58. The number of carbonyl (C=O) groups is 1. The molecule has 2 nitrogen and oxygen atoms in total. The lowest BCUT2D eigenvalue weighted by Crippen LogP contribution is -2.33. The van der Waals surface area contributed by atoms with Gasteiger partial charge in [0.15, 0.2) is 0 Å². The maximum Gasteiger partial charge on any atom is 0.311 e. The van der Waals surface area contributed by atoms with Gasteiger partial charge in [0.1, 0.15) is 32.7 Å². The number of benzene rings is 4. The molecule has 220 valence electrons. The molecular formula is C37H38O2PS3+. The van der Waals surface area contributed by atoms with Gasteiger partial charge in [0.25, 0.3) is 0 Å². The Balaban J connectivity index is 1.06. The summed E-state index contributed by atoms with van der Waals surface area (Å²) in [5.41, 5.74) is 1.10. The molecule has 0 amide bonds. The molecule has 0 N–H and O–H groups in total. The fraction of sp³-hybridized carbons (Fsp3) is 0.243. The topological polar surface area (TPSA) is 26.3 Å². The fourth-order valence-corrected chi connectivity index (χ4v) is 12.4.